The highest BCUT2D eigenvalue weighted by Crippen LogP contribution is 2.37. The van der Waals surface area contributed by atoms with E-state index in [1.54, 1.807) is 33.3 Å². The number of carbonyl (C=O) groups excluding carboxylic acids is 1. The van der Waals surface area contributed by atoms with E-state index in [1.165, 1.54) is 0 Å². The van der Waals surface area contributed by atoms with Crippen LogP contribution >= 0.6 is 15.9 Å². The van der Waals surface area contributed by atoms with Crippen molar-refractivity contribution in [2.75, 3.05) is 35.0 Å². The Bertz CT molecular complexity index is 1200. The van der Waals surface area contributed by atoms with Crippen molar-refractivity contribution in [1.29, 1.82) is 0 Å². The summed E-state index contributed by atoms with van der Waals surface area (Å²) in [7, 11) is 6.43. The molecule has 0 aliphatic heterocycles. The zero-order valence-electron chi connectivity index (χ0n) is 20.3. The molecule has 0 saturated carbocycles. The Morgan fingerprint density at radius 1 is 0.829 bits per heavy atom. The molecule has 7 heteroatoms. The van der Waals surface area contributed by atoms with Gasteiger partial charge >= 0.3 is 0 Å². The number of amides is 1. The largest absolute Gasteiger partial charge is 0.497 e. The van der Waals surface area contributed by atoms with E-state index in [0.717, 1.165) is 32.7 Å². The molecule has 0 aliphatic carbocycles. The summed E-state index contributed by atoms with van der Waals surface area (Å²) in [4.78, 5) is 14.9. The molecule has 3 aromatic carbocycles. The number of ether oxygens (including phenoxy) is 4. The van der Waals surface area contributed by atoms with E-state index in [2.05, 4.69) is 27.8 Å². The van der Waals surface area contributed by atoms with Gasteiger partial charge in [-0.1, -0.05) is 24.1 Å². The fourth-order valence-corrected chi connectivity index (χ4v) is 4.15. The molecule has 0 aromatic heterocycles. The van der Waals surface area contributed by atoms with Crippen LogP contribution in [-0.4, -0.2) is 45.8 Å². The molecule has 0 fully saturated rings. The van der Waals surface area contributed by atoms with E-state index in [1.807, 2.05) is 60.7 Å². The third-order valence-corrected chi connectivity index (χ3v) is 6.31. The van der Waals surface area contributed by atoms with E-state index in [-0.39, 0.29) is 5.91 Å². The van der Waals surface area contributed by atoms with Gasteiger partial charge in [0.1, 0.15) is 11.5 Å². The van der Waals surface area contributed by atoms with Gasteiger partial charge in [-0.3, -0.25) is 4.79 Å². The molecule has 0 spiro atoms. The Morgan fingerprint density at radius 2 is 1.46 bits per heavy atom. The molecule has 0 saturated heterocycles. The van der Waals surface area contributed by atoms with Crippen LogP contribution in [0.5, 0.6) is 23.0 Å². The molecule has 3 aromatic rings. The predicted octanol–water partition coefficient (Wildman–Crippen LogP) is 5.11. The summed E-state index contributed by atoms with van der Waals surface area (Å²) < 4.78 is 22.1. The Kier molecular flexibility index (Phi) is 9.45. The van der Waals surface area contributed by atoms with Gasteiger partial charge < -0.3 is 23.8 Å². The van der Waals surface area contributed by atoms with Gasteiger partial charge in [0.2, 0.25) is 0 Å². The van der Waals surface area contributed by atoms with Crippen molar-refractivity contribution in [2.45, 2.75) is 13.0 Å². The standard InChI is InChI=1S/C28H28BrNO5/c1-32-23-11-5-20(6-12-23)9-16-26(31)30(19-21-7-13-24(33-2)14-8-21)18-17-22-10-15-25(34-3)28(35-4)27(22)29/h5-8,10-15H,17-19H2,1-4H3. The number of methoxy groups -OCH3 is 4. The van der Waals surface area contributed by atoms with Gasteiger partial charge in [-0.05, 0) is 75.9 Å². The Morgan fingerprint density at radius 3 is 2.03 bits per heavy atom. The van der Waals surface area contributed by atoms with Crippen molar-refractivity contribution in [1.82, 2.24) is 4.90 Å². The third kappa shape index (κ3) is 6.93. The van der Waals surface area contributed by atoms with Crippen molar-refractivity contribution in [3.8, 4) is 34.8 Å². The fraction of sp³-hybridized carbons (Fsp3) is 0.250. The zero-order valence-corrected chi connectivity index (χ0v) is 21.8. The quantitative estimate of drug-likeness (QED) is 0.355. The first-order valence-corrected chi connectivity index (χ1v) is 11.8. The first-order valence-electron chi connectivity index (χ1n) is 11.0. The first kappa shape index (κ1) is 26.0. The second-order valence-electron chi connectivity index (χ2n) is 7.58. The van der Waals surface area contributed by atoms with Gasteiger partial charge in [0.05, 0.1) is 32.9 Å². The lowest BCUT2D eigenvalue weighted by Gasteiger charge is -2.21. The van der Waals surface area contributed by atoms with Crippen molar-refractivity contribution in [3.63, 3.8) is 0 Å². The molecule has 35 heavy (non-hydrogen) atoms. The van der Waals surface area contributed by atoms with Crippen LogP contribution < -0.4 is 18.9 Å². The van der Waals surface area contributed by atoms with E-state index in [9.17, 15) is 4.79 Å². The summed E-state index contributed by atoms with van der Waals surface area (Å²) in [6.07, 6.45) is 0.604. The van der Waals surface area contributed by atoms with Crippen molar-refractivity contribution in [3.05, 3.63) is 81.8 Å². The molecule has 0 atom stereocenters. The molecule has 0 unspecified atom stereocenters. The zero-order chi connectivity index (χ0) is 25.2. The second-order valence-corrected chi connectivity index (χ2v) is 8.37. The van der Waals surface area contributed by atoms with Crippen LogP contribution in [0.1, 0.15) is 16.7 Å². The monoisotopic (exact) mass is 537 g/mol. The van der Waals surface area contributed by atoms with Gasteiger partial charge in [0.15, 0.2) is 11.5 Å². The molecule has 0 heterocycles. The molecule has 3 rings (SSSR count). The van der Waals surface area contributed by atoms with Crippen LogP contribution in [0.2, 0.25) is 0 Å². The highest BCUT2D eigenvalue weighted by molar-refractivity contribution is 9.10. The highest BCUT2D eigenvalue weighted by atomic mass is 79.9. The maximum atomic E-state index is 13.1. The minimum absolute atomic E-state index is 0.256. The molecule has 0 N–H and O–H groups in total. The number of nitrogens with zero attached hydrogens (tertiary/aromatic N) is 1. The normalized spacial score (nSPS) is 10.1. The maximum Gasteiger partial charge on any atom is 0.299 e. The Labute approximate surface area is 214 Å². The summed E-state index contributed by atoms with van der Waals surface area (Å²) in [6.45, 7) is 0.890. The lowest BCUT2D eigenvalue weighted by Crippen LogP contribution is -2.31. The van der Waals surface area contributed by atoms with Crippen LogP contribution in [0.4, 0.5) is 0 Å². The minimum Gasteiger partial charge on any atom is -0.497 e. The van der Waals surface area contributed by atoms with Crippen LogP contribution in [0.15, 0.2) is 65.1 Å². The van der Waals surface area contributed by atoms with Crippen LogP contribution in [0.3, 0.4) is 0 Å². The number of hydrogen-bond acceptors (Lipinski definition) is 5. The number of carbonyl (C=O) groups is 1. The van der Waals surface area contributed by atoms with E-state index in [0.29, 0.717) is 31.0 Å². The van der Waals surface area contributed by atoms with Gasteiger partial charge in [-0.25, -0.2) is 0 Å². The topological polar surface area (TPSA) is 57.2 Å². The molecule has 182 valence electrons. The highest BCUT2D eigenvalue weighted by Gasteiger charge is 2.16. The SMILES string of the molecule is COc1ccc(C#CC(=O)N(CCc2ccc(OC)c(OC)c2Br)Cc2ccc(OC)cc2)cc1. The second kappa shape index (κ2) is 12.7. The predicted molar refractivity (Wildman–Crippen MR) is 139 cm³/mol. The van der Waals surface area contributed by atoms with Crippen LogP contribution in [-0.2, 0) is 17.8 Å². The molecular weight excluding hydrogens is 510 g/mol. The summed E-state index contributed by atoms with van der Waals surface area (Å²) in [6, 6.07) is 18.8. The molecule has 0 radical (unpaired) electrons. The molecule has 0 aliphatic rings. The summed E-state index contributed by atoms with van der Waals surface area (Å²) in [5.41, 5.74) is 2.72. The Balaban J connectivity index is 1.82. The first-order chi connectivity index (χ1) is 17.0. The summed E-state index contributed by atoms with van der Waals surface area (Å²) in [5.74, 6) is 8.25. The van der Waals surface area contributed by atoms with Gasteiger partial charge in [-0.15, -0.1) is 0 Å². The van der Waals surface area contributed by atoms with Gasteiger partial charge in [-0.2, -0.15) is 0 Å². The van der Waals surface area contributed by atoms with Crippen molar-refractivity contribution in [2.24, 2.45) is 0 Å². The molecular formula is C28H28BrNO5. The van der Waals surface area contributed by atoms with Crippen molar-refractivity contribution < 1.29 is 23.7 Å². The minimum atomic E-state index is -0.256. The summed E-state index contributed by atoms with van der Waals surface area (Å²) >= 11 is 3.62. The molecule has 0 bridgehead atoms. The third-order valence-electron chi connectivity index (χ3n) is 5.44. The lowest BCUT2D eigenvalue weighted by molar-refractivity contribution is -0.125. The van der Waals surface area contributed by atoms with Crippen LogP contribution in [0.25, 0.3) is 0 Å². The lowest BCUT2D eigenvalue weighted by atomic mass is 10.1. The van der Waals surface area contributed by atoms with Crippen molar-refractivity contribution >= 4 is 21.8 Å². The summed E-state index contributed by atoms with van der Waals surface area (Å²) in [5, 5.41) is 0. The van der Waals surface area contributed by atoms with Gasteiger partial charge in [0.25, 0.3) is 5.91 Å². The number of benzene rings is 3. The number of rotatable bonds is 9. The maximum absolute atomic E-state index is 13.1. The van der Waals surface area contributed by atoms with E-state index in [4.69, 9.17) is 18.9 Å². The Hall–Kier alpha value is -3.63. The number of hydrogen-bond donors (Lipinski definition) is 0. The molecule has 1 amide bonds. The molecule has 6 nitrogen and oxygen atoms in total. The van der Waals surface area contributed by atoms with E-state index < -0.39 is 0 Å². The fourth-order valence-electron chi connectivity index (χ4n) is 3.46. The average molecular weight is 538 g/mol. The number of halogens is 1. The van der Waals surface area contributed by atoms with Crippen LogP contribution in [0, 0.1) is 11.8 Å². The average Bonchev–Trinajstić information content (AvgIpc) is 2.90. The smallest absolute Gasteiger partial charge is 0.299 e. The van der Waals surface area contributed by atoms with E-state index >= 15 is 0 Å². The van der Waals surface area contributed by atoms with Gasteiger partial charge in [0, 0.05) is 24.6 Å².